The predicted octanol–water partition coefficient (Wildman–Crippen LogP) is 3.41. The van der Waals surface area contributed by atoms with E-state index >= 15 is 0 Å². The molecule has 1 fully saturated rings. The third-order valence-electron chi connectivity index (χ3n) is 4.17. The van der Waals surface area contributed by atoms with Gasteiger partial charge in [0.2, 0.25) is 5.91 Å². The first-order chi connectivity index (χ1) is 11.1. The van der Waals surface area contributed by atoms with Gasteiger partial charge in [-0.3, -0.25) is 4.79 Å². The molecule has 1 saturated heterocycles. The first kappa shape index (κ1) is 23.9. The molecule has 0 spiro atoms. The van der Waals surface area contributed by atoms with Crippen LogP contribution >= 0.6 is 24.8 Å². The van der Waals surface area contributed by atoms with Crippen LogP contribution in [0.5, 0.6) is 0 Å². The van der Waals surface area contributed by atoms with Gasteiger partial charge in [0.15, 0.2) is 0 Å². The minimum Gasteiger partial charge on any atom is -0.365 e. The summed E-state index contributed by atoms with van der Waals surface area (Å²) in [6.45, 7) is 1.67. The molecule has 1 aromatic carbocycles. The Balaban J connectivity index is 0.00000288. The van der Waals surface area contributed by atoms with E-state index in [1.165, 1.54) is 18.2 Å². The third-order valence-corrected chi connectivity index (χ3v) is 4.17. The molecule has 0 aliphatic carbocycles. The van der Waals surface area contributed by atoms with Gasteiger partial charge in [-0.25, -0.2) is 8.78 Å². The van der Waals surface area contributed by atoms with E-state index in [0.717, 1.165) is 25.7 Å². The van der Waals surface area contributed by atoms with Gasteiger partial charge in [0.05, 0.1) is 0 Å². The van der Waals surface area contributed by atoms with E-state index in [2.05, 4.69) is 5.32 Å². The number of carbonyl (C=O) groups excluding carboxylic acids is 1. The van der Waals surface area contributed by atoms with Gasteiger partial charge in [-0.15, -0.1) is 24.8 Å². The summed E-state index contributed by atoms with van der Waals surface area (Å²) in [5.74, 6) is -1.10. The van der Waals surface area contributed by atoms with Gasteiger partial charge in [0.1, 0.15) is 17.3 Å². The largest absolute Gasteiger partial charge is 0.365 e. The Morgan fingerprint density at radius 3 is 2.44 bits per heavy atom. The van der Waals surface area contributed by atoms with Crippen LogP contribution in [0.15, 0.2) is 18.2 Å². The molecule has 1 aromatic rings. The molecule has 144 valence electrons. The molecule has 1 aliphatic heterocycles. The zero-order valence-corrected chi connectivity index (χ0v) is 15.8. The van der Waals surface area contributed by atoms with Gasteiger partial charge in [-0.05, 0) is 37.9 Å². The number of anilines is 1. The lowest BCUT2D eigenvalue weighted by Crippen LogP contribution is -2.37. The van der Waals surface area contributed by atoms with Crippen LogP contribution in [0.25, 0.3) is 0 Å². The van der Waals surface area contributed by atoms with Crippen LogP contribution < -0.4 is 16.0 Å². The molecule has 4 nitrogen and oxygen atoms in total. The van der Waals surface area contributed by atoms with Gasteiger partial charge in [0.25, 0.3) is 0 Å². The number of nitrogens with one attached hydrogen (secondary N) is 1. The van der Waals surface area contributed by atoms with Crippen molar-refractivity contribution in [2.45, 2.75) is 44.6 Å². The maximum atomic E-state index is 13.8. The Labute approximate surface area is 160 Å². The number of carbonyl (C=O) groups is 1. The molecule has 0 aromatic heterocycles. The number of rotatable bonds is 8. The Morgan fingerprint density at radius 1 is 1.16 bits per heavy atom. The number of benzene rings is 1. The molecule has 1 heterocycles. The molecule has 0 radical (unpaired) electrons. The summed E-state index contributed by atoms with van der Waals surface area (Å²) in [7, 11) is 0. The third kappa shape index (κ3) is 7.34. The minimum absolute atomic E-state index is 0. The summed E-state index contributed by atoms with van der Waals surface area (Å²) in [5, 5.41) is 2.96. The Bertz CT molecular complexity index is 514. The number of hydrogen-bond acceptors (Lipinski definition) is 3. The monoisotopic (exact) mass is 397 g/mol. The van der Waals surface area contributed by atoms with Crippen LogP contribution in [0.4, 0.5) is 14.5 Å². The second-order valence-corrected chi connectivity index (χ2v) is 6.02. The normalized spacial score (nSPS) is 16.1. The highest BCUT2D eigenvalue weighted by molar-refractivity contribution is 5.85. The first-order valence-electron chi connectivity index (χ1n) is 8.30. The van der Waals surface area contributed by atoms with Crippen LogP contribution in [-0.2, 0) is 4.79 Å². The van der Waals surface area contributed by atoms with Crippen LogP contribution in [0, 0.1) is 11.6 Å². The maximum Gasteiger partial charge on any atom is 0.220 e. The highest BCUT2D eigenvalue weighted by atomic mass is 35.5. The van der Waals surface area contributed by atoms with Crippen molar-refractivity contribution in [1.82, 2.24) is 5.32 Å². The van der Waals surface area contributed by atoms with E-state index in [1.54, 1.807) is 4.90 Å². The molecule has 0 bridgehead atoms. The average molecular weight is 398 g/mol. The van der Waals surface area contributed by atoms with Crippen molar-refractivity contribution in [1.29, 1.82) is 0 Å². The molecule has 8 heteroatoms. The molecule has 3 N–H and O–H groups in total. The summed E-state index contributed by atoms with van der Waals surface area (Å²) in [6.07, 6.45) is 5.09. The first-order valence-corrected chi connectivity index (χ1v) is 8.30. The van der Waals surface area contributed by atoms with E-state index in [-0.39, 0.29) is 42.5 Å². The molecule has 1 aliphatic rings. The number of halogens is 4. The minimum atomic E-state index is -0.558. The lowest BCUT2D eigenvalue weighted by molar-refractivity contribution is -0.121. The van der Waals surface area contributed by atoms with Crippen LogP contribution in [0.1, 0.15) is 38.5 Å². The van der Waals surface area contributed by atoms with Crippen LogP contribution in [0.2, 0.25) is 0 Å². The molecular weight excluding hydrogens is 371 g/mol. The summed E-state index contributed by atoms with van der Waals surface area (Å²) in [5.41, 5.74) is 5.43. The highest BCUT2D eigenvalue weighted by Crippen LogP contribution is 2.26. The average Bonchev–Trinajstić information content (AvgIpc) is 2.95. The van der Waals surface area contributed by atoms with E-state index in [9.17, 15) is 13.6 Å². The number of nitrogens with two attached hydrogens (primary N) is 1. The number of para-hydroxylation sites is 1. The van der Waals surface area contributed by atoms with Gasteiger partial charge in [-0.2, -0.15) is 0 Å². The van der Waals surface area contributed by atoms with Crippen molar-refractivity contribution in [2.75, 3.05) is 24.5 Å². The molecule has 1 atom stereocenters. The van der Waals surface area contributed by atoms with Gasteiger partial charge in [-0.1, -0.05) is 18.9 Å². The lowest BCUT2D eigenvalue weighted by Gasteiger charge is -2.20. The second-order valence-electron chi connectivity index (χ2n) is 6.02. The molecular formula is C17H27Cl2F2N3O. The topological polar surface area (TPSA) is 58.4 Å². The van der Waals surface area contributed by atoms with Crippen LogP contribution in [0.3, 0.4) is 0 Å². The van der Waals surface area contributed by atoms with Crippen molar-refractivity contribution in [3.05, 3.63) is 29.8 Å². The number of amides is 1. The molecule has 1 amide bonds. The number of unbranched alkanes of at least 4 members (excludes halogenated alkanes) is 3. The molecule has 25 heavy (non-hydrogen) atoms. The molecule has 1 unspecified atom stereocenters. The fourth-order valence-electron chi connectivity index (χ4n) is 2.96. The zero-order valence-electron chi connectivity index (χ0n) is 14.2. The Hall–Kier alpha value is -1.11. The summed E-state index contributed by atoms with van der Waals surface area (Å²) in [6, 6.07) is 3.82. The highest BCUT2D eigenvalue weighted by Gasteiger charge is 2.27. The van der Waals surface area contributed by atoms with E-state index in [0.29, 0.717) is 32.5 Å². The standard InChI is InChI=1S/C17H25F2N3O.2ClH/c18-14-6-5-7-15(19)17(14)22-11-9-13(12-22)21-16(23)8-3-1-2-4-10-20;;/h5-7,13H,1-4,8-12,20H2,(H,21,23);2*1H. The summed E-state index contributed by atoms with van der Waals surface area (Å²) < 4.78 is 27.6. The smallest absolute Gasteiger partial charge is 0.220 e. The van der Waals surface area contributed by atoms with Gasteiger partial charge >= 0.3 is 0 Å². The SMILES string of the molecule is Cl.Cl.NCCCCCCC(=O)NC1CCN(c2c(F)cccc2F)C1. The number of hydrogen-bond donors (Lipinski definition) is 2. The van der Waals surface area contributed by atoms with Crippen molar-refractivity contribution in [3.63, 3.8) is 0 Å². The zero-order chi connectivity index (χ0) is 16.7. The van der Waals surface area contributed by atoms with Gasteiger partial charge < -0.3 is 16.0 Å². The summed E-state index contributed by atoms with van der Waals surface area (Å²) >= 11 is 0. The Morgan fingerprint density at radius 2 is 1.80 bits per heavy atom. The van der Waals surface area contributed by atoms with Gasteiger partial charge in [0, 0.05) is 25.6 Å². The lowest BCUT2D eigenvalue weighted by atomic mass is 10.1. The second kappa shape index (κ2) is 12.3. The maximum absolute atomic E-state index is 13.8. The molecule has 2 rings (SSSR count). The fourth-order valence-corrected chi connectivity index (χ4v) is 2.96. The number of nitrogens with zero attached hydrogens (tertiary/aromatic N) is 1. The van der Waals surface area contributed by atoms with Crippen molar-refractivity contribution in [2.24, 2.45) is 5.73 Å². The van der Waals surface area contributed by atoms with Crippen molar-refractivity contribution >= 4 is 36.4 Å². The van der Waals surface area contributed by atoms with E-state index in [1.807, 2.05) is 0 Å². The Kier molecular flexibility index (Phi) is 11.7. The quantitative estimate of drug-likeness (QED) is 0.660. The van der Waals surface area contributed by atoms with E-state index < -0.39 is 11.6 Å². The van der Waals surface area contributed by atoms with Crippen molar-refractivity contribution < 1.29 is 13.6 Å². The molecule has 0 saturated carbocycles. The summed E-state index contributed by atoms with van der Waals surface area (Å²) in [4.78, 5) is 13.6. The fraction of sp³-hybridized carbons (Fsp3) is 0.588. The predicted molar refractivity (Wildman–Crippen MR) is 102 cm³/mol. The van der Waals surface area contributed by atoms with E-state index in [4.69, 9.17) is 5.73 Å². The van der Waals surface area contributed by atoms with Crippen molar-refractivity contribution in [3.8, 4) is 0 Å². The van der Waals surface area contributed by atoms with Crippen LogP contribution in [-0.4, -0.2) is 31.6 Å².